The van der Waals surface area contributed by atoms with Crippen LogP contribution >= 0.6 is 0 Å². The van der Waals surface area contributed by atoms with Crippen molar-refractivity contribution in [2.24, 2.45) is 5.73 Å². The summed E-state index contributed by atoms with van der Waals surface area (Å²) in [6, 6.07) is 0. The highest BCUT2D eigenvalue weighted by Crippen LogP contribution is 2.02. The normalized spacial score (nSPS) is 17.3. The quantitative estimate of drug-likeness (QED) is 0.536. The molecule has 0 unspecified atom stereocenters. The second-order valence-electron chi connectivity index (χ2n) is 2.05. The predicted molar refractivity (Wildman–Crippen MR) is 39.2 cm³/mol. The van der Waals surface area contributed by atoms with Crippen LogP contribution in [-0.2, 0) is 9.59 Å². The van der Waals surface area contributed by atoms with Gasteiger partial charge in [0.25, 0.3) is 11.8 Å². The van der Waals surface area contributed by atoms with Crippen LogP contribution in [0.3, 0.4) is 0 Å². The predicted octanol–water partition coefficient (Wildman–Crippen LogP) is -0.616. The molecule has 58 valence electrons. The highest BCUT2D eigenvalue weighted by molar-refractivity contribution is 6.12. The Balaban J connectivity index is 2.59. The Bertz CT molecular complexity index is 225. The van der Waals surface area contributed by atoms with E-state index >= 15 is 0 Å². The van der Waals surface area contributed by atoms with Crippen molar-refractivity contribution in [2.45, 2.75) is 0 Å². The Morgan fingerprint density at radius 3 is 2.36 bits per heavy atom. The fourth-order valence-electron chi connectivity index (χ4n) is 0.777. The first kappa shape index (κ1) is 7.53. The fraction of sp³-hybridized carbons (Fsp3) is 0.143. The van der Waals surface area contributed by atoms with E-state index in [2.05, 4.69) is 0 Å². The van der Waals surface area contributed by atoms with Gasteiger partial charge in [0.2, 0.25) is 0 Å². The maximum atomic E-state index is 10.8. The highest BCUT2D eigenvalue weighted by atomic mass is 16.2. The number of carbonyl (C=O) groups is 2. The van der Waals surface area contributed by atoms with Gasteiger partial charge < -0.3 is 5.73 Å². The average molecular weight is 152 g/mol. The van der Waals surface area contributed by atoms with Crippen molar-refractivity contribution < 1.29 is 9.59 Å². The molecule has 1 rings (SSSR count). The lowest BCUT2D eigenvalue weighted by molar-refractivity contribution is -0.136. The third-order valence-electron chi connectivity index (χ3n) is 1.32. The van der Waals surface area contributed by atoms with Crippen LogP contribution < -0.4 is 5.73 Å². The summed E-state index contributed by atoms with van der Waals surface area (Å²) in [5, 5.41) is 0. The molecule has 0 aromatic heterocycles. The molecule has 1 aliphatic rings. The molecule has 0 aliphatic carbocycles. The number of nitrogens with zero attached hydrogens (tertiary/aromatic N) is 1. The summed E-state index contributed by atoms with van der Waals surface area (Å²) in [6.45, 7) is 0.251. The zero-order valence-electron chi connectivity index (χ0n) is 5.86. The monoisotopic (exact) mass is 152 g/mol. The molecule has 1 heterocycles. The van der Waals surface area contributed by atoms with Crippen molar-refractivity contribution in [1.82, 2.24) is 4.90 Å². The molecule has 0 atom stereocenters. The Morgan fingerprint density at radius 1 is 1.36 bits per heavy atom. The van der Waals surface area contributed by atoms with Crippen molar-refractivity contribution in [2.75, 3.05) is 6.54 Å². The zero-order valence-corrected chi connectivity index (χ0v) is 5.86. The third-order valence-corrected chi connectivity index (χ3v) is 1.32. The number of nitrogens with two attached hydrogens (primary N) is 1. The van der Waals surface area contributed by atoms with Crippen LogP contribution in [0.25, 0.3) is 0 Å². The summed E-state index contributed by atoms with van der Waals surface area (Å²) in [5.41, 5.74) is 5.05. The number of carbonyl (C=O) groups excluding carboxylic acids is 2. The van der Waals surface area contributed by atoms with E-state index in [0.29, 0.717) is 0 Å². The second-order valence-corrected chi connectivity index (χ2v) is 2.05. The van der Waals surface area contributed by atoms with E-state index in [4.69, 9.17) is 5.73 Å². The van der Waals surface area contributed by atoms with Gasteiger partial charge in [-0.05, 0) is 12.3 Å². The molecule has 0 aromatic rings. The van der Waals surface area contributed by atoms with Crippen LogP contribution in [0.15, 0.2) is 24.4 Å². The van der Waals surface area contributed by atoms with E-state index in [0.717, 1.165) is 4.90 Å². The largest absolute Gasteiger partial charge is 0.405 e. The minimum atomic E-state index is -0.284. The van der Waals surface area contributed by atoms with Crippen LogP contribution in [0.4, 0.5) is 0 Å². The topological polar surface area (TPSA) is 63.4 Å². The molecule has 0 saturated carbocycles. The van der Waals surface area contributed by atoms with Gasteiger partial charge in [0.1, 0.15) is 0 Å². The van der Waals surface area contributed by atoms with Gasteiger partial charge in [0.15, 0.2) is 0 Å². The van der Waals surface area contributed by atoms with Crippen molar-refractivity contribution in [1.29, 1.82) is 0 Å². The van der Waals surface area contributed by atoms with Crippen molar-refractivity contribution in [3.63, 3.8) is 0 Å². The van der Waals surface area contributed by atoms with Gasteiger partial charge in [0, 0.05) is 18.7 Å². The highest BCUT2D eigenvalue weighted by Gasteiger charge is 2.21. The molecule has 0 bridgehead atoms. The summed E-state index contributed by atoms with van der Waals surface area (Å²) < 4.78 is 0. The number of rotatable bonds is 2. The molecule has 0 fully saturated rings. The Hall–Kier alpha value is -1.58. The van der Waals surface area contributed by atoms with Gasteiger partial charge in [-0.2, -0.15) is 0 Å². The van der Waals surface area contributed by atoms with E-state index in [1.807, 2.05) is 0 Å². The average Bonchev–Trinajstić information content (AvgIpc) is 2.29. The van der Waals surface area contributed by atoms with Crippen LogP contribution in [0.1, 0.15) is 0 Å². The van der Waals surface area contributed by atoms with Crippen molar-refractivity contribution >= 4 is 11.8 Å². The third kappa shape index (κ3) is 1.46. The van der Waals surface area contributed by atoms with Crippen molar-refractivity contribution in [3.8, 4) is 0 Å². The van der Waals surface area contributed by atoms with E-state index < -0.39 is 0 Å². The number of imide groups is 1. The first-order valence-electron chi connectivity index (χ1n) is 3.16. The van der Waals surface area contributed by atoms with Crippen LogP contribution in [-0.4, -0.2) is 23.3 Å². The Kier molecular flexibility index (Phi) is 2.06. The maximum Gasteiger partial charge on any atom is 0.253 e. The molecule has 11 heavy (non-hydrogen) atoms. The standard InChI is InChI=1S/C7H8N2O2/c8-4-1-5-9-6(10)2-3-7(9)11/h1-4H,5,8H2. The molecular weight excluding hydrogens is 144 g/mol. The van der Waals surface area contributed by atoms with Crippen LogP contribution in [0, 0.1) is 0 Å². The van der Waals surface area contributed by atoms with E-state index in [9.17, 15) is 9.59 Å². The number of hydrogen-bond acceptors (Lipinski definition) is 3. The zero-order chi connectivity index (χ0) is 8.27. The molecule has 4 heteroatoms. The maximum absolute atomic E-state index is 10.8. The Morgan fingerprint density at radius 2 is 1.91 bits per heavy atom. The lowest BCUT2D eigenvalue weighted by Crippen LogP contribution is -2.29. The molecule has 4 nitrogen and oxygen atoms in total. The summed E-state index contributed by atoms with van der Waals surface area (Å²) in [6.07, 6.45) is 5.33. The number of hydrogen-bond donors (Lipinski definition) is 1. The van der Waals surface area contributed by atoms with Gasteiger partial charge in [0.05, 0.1) is 0 Å². The van der Waals surface area contributed by atoms with Gasteiger partial charge in [-0.3, -0.25) is 14.5 Å². The minimum Gasteiger partial charge on any atom is -0.405 e. The van der Waals surface area contributed by atoms with Gasteiger partial charge >= 0.3 is 0 Å². The van der Waals surface area contributed by atoms with Gasteiger partial charge in [-0.15, -0.1) is 0 Å². The van der Waals surface area contributed by atoms with Crippen LogP contribution in [0.2, 0.25) is 0 Å². The lowest BCUT2D eigenvalue weighted by Gasteiger charge is -2.09. The first-order valence-corrected chi connectivity index (χ1v) is 3.16. The molecule has 0 aromatic carbocycles. The molecule has 0 spiro atoms. The van der Waals surface area contributed by atoms with Gasteiger partial charge in [-0.25, -0.2) is 0 Å². The lowest BCUT2D eigenvalue weighted by atomic mass is 10.5. The van der Waals surface area contributed by atoms with E-state index in [1.165, 1.54) is 18.4 Å². The summed E-state index contributed by atoms with van der Waals surface area (Å²) in [7, 11) is 0. The summed E-state index contributed by atoms with van der Waals surface area (Å²) >= 11 is 0. The first-order chi connectivity index (χ1) is 5.25. The van der Waals surface area contributed by atoms with Crippen molar-refractivity contribution in [3.05, 3.63) is 24.4 Å². The summed E-state index contributed by atoms with van der Waals surface area (Å²) in [5.74, 6) is -0.568. The fourth-order valence-corrected chi connectivity index (χ4v) is 0.777. The van der Waals surface area contributed by atoms with E-state index in [-0.39, 0.29) is 18.4 Å². The molecule has 2 N–H and O–H groups in total. The second kappa shape index (κ2) is 3.01. The van der Waals surface area contributed by atoms with E-state index in [1.54, 1.807) is 6.08 Å². The van der Waals surface area contributed by atoms with Gasteiger partial charge in [-0.1, -0.05) is 0 Å². The SMILES string of the molecule is NC=CCN1C(=O)C=CC1=O. The molecule has 0 radical (unpaired) electrons. The molecule has 1 aliphatic heterocycles. The summed E-state index contributed by atoms with van der Waals surface area (Å²) in [4.78, 5) is 22.8. The Labute approximate surface area is 64.0 Å². The molecule has 0 saturated heterocycles. The molecular formula is C7H8N2O2. The molecule has 2 amide bonds. The smallest absolute Gasteiger partial charge is 0.253 e. The number of amides is 2. The minimum absolute atomic E-state index is 0.251. The van der Waals surface area contributed by atoms with Crippen LogP contribution in [0.5, 0.6) is 0 Å².